The third-order valence-electron chi connectivity index (χ3n) is 4.32. The zero-order valence-corrected chi connectivity index (χ0v) is 13.6. The molecule has 0 aliphatic carbocycles. The zero-order valence-electron chi connectivity index (χ0n) is 13.6. The number of fused-ring (bicyclic) bond motifs is 1. The maximum atomic E-state index is 5.87. The summed E-state index contributed by atoms with van der Waals surface area (Å²) in [5.74, 6) is 1.93. The minimum atomic E-state index is 0.522. The molecule has 0 spiro atoms. The first kappa shape index (κ1) is 14.8. The van der Waals surface area contributed by atoms with E-state index in [1.165, 1.54) is 11.3 Å². The summed E-state index contributed by atoms with van der Waals surface area (Å²) in [7, 11) is 1.64. The standard InChI is InChI=1S/C19H19N3O2/c1-23-16-9-4-7-15(12-16)19-21-20-18(24-19)13-22-11-5-8-14-6-2-3-10-17(14)22/h2-4,6-7,9-10,12H,5,8,11,13H2,1H3. The normalized spacial score (nSPS) is 13.6. The van der Waals surface area contributed by atoms with Gasteiger partial charge in [0.05, 0.1) is 13.7 Å². The van der Waals surface area contributed by atoms with E-state index in [-0.39, 0.29) is 0 Å². The molecule has 3 aromatic rings. The van der Waals surface area contributed by atoms with Crippen LogP contribution in [-0.4, -0.2) is 23.9 Å². The predicted octanol–water partition coefficient (Wildman–Crippen LogP) is 3.70. The average Bonchev–Trinajstić information content (AvgIpc) is 3.11. The highest BCUT2D eigenvalue weighted by molar-refractivity contribution is 5.56. The first-order chi connectivity index (χ1) is 11.8. The fourth-order valence-corrected chi connectivity index (χ4v) is 3.13. The van der Waals surface area contributed by atoms with Crippen LogP contribution in [0.15, 0.2) is 52.9 Å². The van der Waals surface area contributed by atoms with Gasteiger partial charge in [-0.2, -0.15) is 0 Å². The Kier molecular flexibility index (Phi) is 3.91. The van der Waals surface area contributed by atoms with Gasteiger partial charge in [0, 0.05) is 17.8 Å². The summed E-state index contributed by atoms with van der Waals surface area (Å²) >= 11 is 0. The van der Waals surface area contributed by atoms with E-state index in [2.05, 4.69) is 39.4 Å². The molecule has 0 N–H and O–H groups in total. The summed E-state index contributed by atoms with van der Waals surface area (Å²) in [6.07, 6.45) is 2.28. The third kappa shape index (κ3) is 2.85. The van der Waals surface area contributed by atoms with Crippen LogP contribution in [0.4, 0.5) is 5.69 Å². The number of methoxy groups -OCH3 is 1. The van der Waals surface area contributed by atoms with Crippen molar-refractivity contribution in [2.45, 2.75) is 19.4 Å². The van der Waals surface area contributed by atoms with E-state index in [0.29, 0.717) is 18.3 Å². The summed E-state index contributed by atoms with van der Waals surface area (Å²) in [4.78, 5) is 2.31. The fraction of sp³-hybridized carbons (Fsp3) is 0.263. The molecular formula is C19H19N3O2. The van der Waals surface area contributed by atoms with Crippen LogP contribution in [0.1, 0.15) is 17.9 Å². The zero-order chi connectivity index (χ0) is 16.4. The van der Waals surface area contributed by atoms with Gasteiger partial charge in [-0.05, 0) is 42.7 Å². The molecule has 122 valence electrons. The number of aryl methyl sites for hydroxylation is 1. The van der Waals surface area contributed by atoms with Crippen molar-refractivity contribution < 1.29 is 9.15 Å². The van der Waals surface area contributed by atoms with E-state index >= 15 is 0 Å². The van der Waals surface area contributed by atoms with Gasteiger partial charge in [-0.15, -0.1) is 10.2 Å². The monoisotopic (exact) mass is 321 g/mol. The Hall–Kier alpha value is -2.82. The highest BCUT2D eigenvalue weighted by Crippen LogP contribution is 2.28. The fourth-order valence-electron chi connectivity index (χ4n) is 3.13. The molecule has 0 fully saturated rings. The average molecular weight is 321 g/mol. The smallest absolute Gasteiger partial charge is 0.247 e. The van der Waals surface area contributed by atoms with Crippen LogP contribution in [0.3, 0.4) is 0 Å². The first-order valence-corrected chi connectivity index (χ1v) is 8.13. The predicted molar refractivity (Wildman–Crippen MR) is 92.1 cm³/mol. The number of para-hydroxylation sites is 1. The molecule has 24 heavy (non-hydrogen) atoms. The van der Waals surface area contributed by atoms with Crippen molar-refractivity contribution in [3.8, 4) is 17.2 Å². The molecule has 0 saturated carbocycles. The van der Waals surface area contributed by atoms with Crippen LogP contribution in [-0.2, 0) is 13.0 Å². The summed E-state index contributed by atoms with van der Waals surface area (Å²) < 4.78 is 11.1. The molecule has 0 amide bonds. The maximum Gasteiger partial charge on any atom is 0.247 e. The van der Waals surface area contributed by atoms with Crippen LogP contribution in [0.25, 0.3) is 11.5 Å². The van der Waals surface area contributed by atoms with Gasteiger partial charge in [-0.3, -0.25) is 0 Å². The van der Waals surface area contributed by atoms with E-state index in [1.54, 1.807) is 7.11 Å². The molecule has 0 bridgehead atoms. The Morgan fingerprint density at radius 2 is 2.04 bits per heavy atom. The van der Waals surface area contributed by atoms with Crippen LogP contribution < -0.4 is 9.64 Å². The quantitative estimate of drug-likeness (QED) is 0.733. The second-order valence-corrected chi connectivity index (χ2v) is 5.89. The van der Waals surface area contributed by atoms with Crippen LogP contribution in [0, 0.1) is 0 Å². The largest absolute Gasteiger partial charge is 0.497 e. The summed E-state index contributed by atoms with van der Waals surface area (Å²) in [6.45, 7) is 1.64. The van der Waals surface area contributed by atoms with Gasteiger partial charge in [0.1, 0.15) is 5.75 Å². The molecule has 0 atom stereocenters. The topological polar surface area (TPSA) is 51.4 Å². The number of ether oxygens (including phenoxy) is 1. The van der Waals surface area contributed by atoms with Crippen LogP contribution >= 0.6 is 0 Å². The van der Waals surface area contributed by atoms with Gasteiger partial charge in [-0.1, -0.05) is 24.3 Å². The van der Waals surface area contributed by atoms with Crippen molar-refractivity contribution in [2.24, 2.45) is 0 Å². The molecule has 1 aliphatic rings. The maximum absolute atomic E-state index is 5.87. The lowest BCUT2D eigenvalue weighted by molar-refractivity contribution is 0.414. The summed E-state index contributed by atoms with van der Waals surface area (Å²) in [5, 5.41) is 8.40. The van der Waals surface area contributed by atoms with Gasteiger partial charge in [0.2, 0.25) is 11.8 Å². The Morgan fingerprint density at radius 3 is 2.96 bits per heavy atom. The lowest BCUT2D eigenvalue weighted by Crippen LogP contribution is -2.28. The van der Waals surface area contributed by atoms with Crippen molar-refractivity contribution in [3.05, 3.63) is 60.0 Å². The van der Waals surface area contributed by atoms with Crippen molar-refractivity contribution in [1.29, 1.82) is 0 Å². The van der Waals surface area contributed by atoms with E-state index in [4.69, 9.17) is 9.15 Å². The van der Waals surface area contributed by atoms with Gasteiger partial charge >= 0.3 is 0 Å². The third-order valence-corrected chi connectivity index (χ3v) is 4.32. The highest BCUT2D eigenvalue weighted by Gasteiger charge is 2.19. The van der Waals surface area contributed by atoms with E-state index in [0.717, 1.165) is 30.7 Å². The number of nitrogens with zero attached hydrogens (tertiary/aromatic N) is 3. The number of rotatable bonds is 4. The summed E-state index contributed by atoms with van der Waals surface area (Å²) in [5.41, 5.74) is 3.52. The Bertz CT molecular complexity index is 844. The minimum Gasteiger partial charge on any atom is -0.497 e. The van der Waals surface area contributed by atoms with Gasteiger partial charge in [-0.25, -0.2) is 0 Å². The van der Waals surface area contributed by atoms with Gasteiger partial charge in [0.15, 0.2) is 0 Å². The Morgan fingerprint density at radius 1 is 1.12 bits per heavy atom. The SMILES string of the molecule is COc1cccc(-c2nnc(CN3CCCc4ccccc43)o2)c1. The Balaban J connectivity index is 1.56. The number of hydrogen-bond acceptors (Lipinski definition) is 5. The lowest BCUT2D eigenvalue weighted by atomic mass is 10.0. The molecule has 4 rings (SSSR count). The Labute approximate surface area is 140 Å². The summed E-state index contributed by atoms with van der Waals surface area (Å²) in [6, 6.07) is 16.2. The van der Waals surface area contributed by atoms with Crippen molar-refractivity contribution in [2.75, 3.05) is 18.6 Å². The first-order valence-electron chi connectivity index (χ1n) is 8.13. The van der Waals surface area contributed by atoms with Gasteiger partial charge in [0.25, 0.3) is 0 Å². The molecule has 2 heterocycles. The molecular weight excluding hydrogens is 302 g/mol. The molecule has 5 nitrogen and oxygen atoms in total. The highest BCUT2D eigenvalue weighted by atomic mass is 16.5. The minimum absolute atomic E-state index is 0.522. The van der Waals surface area contributed by atoms with E-state index < -0.39 is 0 Å². The second kappa shape index (κ2) is 6.35. The number of hydrogen-bond donors (Lipinski definition) is 0. The van der Waals surface area contributed by atoms with Crippen molar-refractivity contribution in [1.82, 2.24) is 10.2 Å². The molecule has 1 aliphatic heterocycles. The number of aromatic nitrogens is 2. The molecule has 0 unspecified atom stereocenters. The van der Waals surface area contributed by atoms with Crippen molar-refractivity contribution in [3.63, 3.8) is 0 Å². The van der Waals surface area contributed by atoms with Gasteiger partial charge < -0.3 is 14.1 Å². The molecule has 0 radical (unpaired) electrons. The van der Waals surface area contributed by atoms with Crippen LogP contribution in [0.5, 0.6) is 5.75 Å². The lowest BCUT2D eigenvalue weighted by Gasteiger charge is -2.29. The molecule has 1 aromatic heterocycles. The second-order valence-electron chi connectivity index (χ2n) is 5.89. The van der Waals surface area contributed by atoms with E-state index in [9.17, 15) is 0 Å². The molecule has 0 saturated heterocycles. The number of anilines is 1. The molecule has 2 aromatic carbocycles. The number of benzene rings is 2. The van der Waals surface area contributed by atoms with Crippen LogP contribution in [0.2, 0.25) is 0 Å². The van der Waals surface area contributed by atoms with Crippen molar-refractivity contribution >= 4 is 5.69 Å². The van der Waals surface area contributed by atoms with E-state index in [1.807, 2.05) is 24.3 Å². The molecule has 5 heteroatoms.